The van der Waals surface area contributed by atoms with Crippen molar-refractivity contribution in [2.24, 2.45) is 0 Å². The van der Waals surface area contributed by atoms with Gasteiger partial charge in [-0.1, -0.05) is 0 Å². The minimum atomic E-state index is -4.29. The first-order valence-corrected chi connectivity index (χ1v) is 10.9. The van der Waals surface area contributed by atoms with Crippen LogP contribution in [-0.2, 0) is 0 Å². The van der Waals surface area contributed by atoms with Gasteiger partial charge in [0.15, 0.2) is 5.69 Å². The maximum absolute atomic E-state index is 12.7. The third kappa shape index (κ3) is 5.88. The van der Waals surface area contributed by atoms with Crippen molar-refractivity contribution in [3.05, 3.63) is 23.9 Å². The van der Waals surface area contributed by atoms with Gasteiger partial charge in [-0.25, -0.2) is 0 Å². The average Bonchev–Trinajstić information content (AvgIpc) is 3.40. The van der Waals surface area contributed by atoms with E-state index in [0.717, 1.165) is 39.0 Å². The van der Waals surface area contributed by atoms with Gasteiger partial charge in [0, 0.05) is 43.3 Å². The van der Waals surface area contributed by atoms with Crippen LogP contribution in [0.5, 0.6) is 0 Å². The van der Waals surface area contributed by atoms with Crippen molar-refractivity contribution >= 4 is 22.5 Å². The largest absolute Gasteiger partial charge is 0.405 e. The molecule has 2 aliphatic rings. The number of halogens is 3. The van der Waals surface area contributed by atoms with Gasteiger partial charge in [-0.3, -0.25) is 9.89 Å². The molecule has 7 nitrogen and oxygen atoms in total. The molecule has 10 heteroatoms. The van der Waals surface area contributed by atoms with E-state index in [-0.39, 0.29) is 17.6 Å². The fourth-order valence-corrected chi connectivity index (χ4v) is 4.35. The van der Waals surface area contributed by atoms with E-state index in [1.54, 1.807) is 6.07 Å². The number of likely N-dealkylation sites (tertiary alicyclic amines) is 2. The molecular weight excluding hydrogens is 409 g/mol. The van der Waals surface area contributed by atoms with Crippen LogP contribution in [0.25, 0.3) is 10.9 Å². The Morgan fingerprint density at radius 3 is 2.45 bits per heavy atom. The van der Waals surface area contributed by atoms with Gasteiger partial charge in [0.25, 0.3) is 5.91 Å². The van der Waals surface area contributed by atoms with E-state index in [1.807, 2.05) is 0 Å². The predicted octanol–water partition coefficient (Wildman–Crippen LogP) is 2.83. The van der Waals surface area contributed by atoms with E-state index in [9.17, 15) is 18.0 Å². The van der Waals surface area contributed by atoms with Crippen LogP contribution < -0.4 is 10.6 Å². The van der Waals surface area contributed by atoms with Gasteiger partial charge in [-0.05, 0) is 57.0 Å². The Balaban J connectivity index is 1.27. The summed E-state index contributed by atoms with van der Waals surface area (Å²) in [5.74, 6) is -0.252. The number of benzene rings is 1. The lowest BCUT2D eigenvalue weighted by Gasteiger charge is -2.33. The first-order valence-electron chi connectivity index (χ1n) is 10.9. The fraction of sp³-hybridized carbons (Fsp3) is 0.619. The molecule has 0 unspecified atom stereocenters. The lowest BCUT2D eigenvalue weighted by Crippen LogP contribution is -2.46. The van der Waals surface area contributed by atoms with Crippen LogP contribution in [0.3, 0.4) is 0 Å². The summed E-state index contributed by atoms with van der Waals surface area (Å²) < 4.78 is 37.2. The quantitative estimate of drug-likeness (QED) is 0.620. The van der Waals surface area contributed by atoms with Crippen LogP contribution in [-0.4, -0.2) is 83.9 Å². The number of carbonyl (C=O) groups is 1. The molecule has 4 rings (SSSR count). The van der Waals surface area contributed by atoms with Crippen LogP contribution >= 0.6 is 0 Å². The third-order valence-corrected chi connectivity index (χ3v) is 6.12. The predicted molar refractivity (Wildman–Crippen MR) is 113 cm³/mol. The van der Waals surface area contributed by atoms with Crippen molar-refractivity contribution < 1.29 is 18.0 Å². The molecule has 0 aliphatic carbocycles. The van der Waals surface area contributed by atoms with E-state index in [2.05, 4.69) is 30.6 Å². The monoisotopic (exact) mass is 438 g/mol. The summed E-state index contributed by atoms with van der Waals surface area (Å²) in [7, 11) is 0. The minimum absolute atomic E-state index is 0.106. The summed E-state index contributed by atoms with van der Waals surface area (Å²) in [5.41, 5.74) is 1.12. The second-order valence-electron chi connectivity index (χ2n) is 8.44. The van der Waals surface area contributed by atoms with Gasteiger partial charge >= 0.3 is 6.18 Å². The molecule has 1 aromatic carbocycles. The molecule has 0 atom stereocenters. The number of nitrogens with zero attached hydrogens (tertiary/aromatic N) is 3. The molecule has 0 saturated carbocycles. The van der Waals surface area contributed by atoms with E-state index in [0.29, 0.717) is 16.6 Å². The van der Waals surface area contributed by atoms with Crippen LogP contribution in [0.15, 0.2) is 18.2 Å². The summed E-state index contributed by atoms with van der Waals surface area (Å²) >= 11 is 0. The van der Waals surface area contributed by atoms with Gasteiger partial charge < -0.3 is 20.4 Å². The SMILES string of the molecule is O=C(NC1CCN(CCN2CCCC2)CC1)c1n[nH]c2cc(NCC(F)(F)F)ccc12. The zero-order valence-corrected chi connectivity index (χ0v) is 17.5. The number of fused-ring (bicyclic) bond motifs is 1. The fourth-order valence-electron chi connectivity index (χ4n) is 4.35. The number of alkyl halides is 3. The zero-order valence-electron chi connectivity index (χ0n) is 17.5. The molecule has 1 amide bonds. The Kier molecular flexibility index (Phi) is 6.66. The Morgan fingerprint density at radius 1 is 1.10 bits per heavy atom. The van der Waals surface area contributed by atoms with Crippen LogP contribution in [0.2, 0.25) is 0 Å². The summed E-state index contributed by atoms with van der Waals surface area (Å²) in [6.45, 7) is 5.44. The number of hydrogen-bond acceptors (Lipinski definition) is 5. The normalized spacial score (nSPS) is 19.2. The number of aromatic amines is 1. The second kappa shape index (κ2) is 9.44. The number of aromatic nitrogens is 2. The lowest BCUT2D eigenvalue weighted by atomic mass is 10.0. The number of amides is 1. The van der Waals surface area contributed by atoms with Crippen molar-refractivity contribution in [3.8, 4) is 0 Å². The highest BCUT2D eigenvalue weighted by molar-refractivity contribution is 6.05. The number of rotatable bonds is 7. The number of carbonyl (C=O) groups excluding carboxylic acids is 1. The molecule has 3 N–H and O–H groups in total. The molecule has 170 valence electrons. The summed E-state index contributed by atoms with van der Waals surface area (Å²) in [5, 5.41) is 12.8. The highest BCUT2D eigenvalue weighted by Gasteiger charge is 2.27. The number of hydrogen-bond donors (Lipinski definition) is 3. The molecule has 1 aromatic heterocycles. The lowest BCUT2D eigenvalue weighted by molar-refractivity contribution is -0.115. The van der Waals surface area contributed by atoms with Crippen LogP contribution in [0.1, 0.15) is 36.2 Å². The number of anilines is 1. The third-order valence-electron chi connectivity index (χ3n) is 6.12. The van der Waals surface area contributed by atoms with Crippen LogP contribution in [0, 0.1) is 0 Å². The Morgan fingerprint density at radius 2 is 1.77 bits per heavy atom. The molecule has 2 fully saturated rings. The average molecular weight is 438 g/mol. The molecule has 0 spiro atoms. The highest BCUT2D eigenvalue weighted by atomic mass is 19.4. The molecule has 0 bridgehead atoms. The smallest absolute Gasteiger partial charge is 0.376 e. The standard InChI is InChI=1S/C21H29F3N6O/c22-21(23,24)14-25-16-3-4-17-18(13-16)27-28-19(17)20(31)26-15-5-9-30(10-6-15)12-11-29-7-1-2-8-29/h3-4,13,15,25H,1-2,5-12,14H2,(H,26,31)(H,27,28). The van der Waals surface area contributed by atoms with E-state index >= 15 is 0 Å². The minimum Gasteiger partial charge on any atom is -0.376 e. The number of H-pyrrole nitrogens is 1. The van der Waals surface area contributed by atoms with Crippen molar-refractivity contribution in [1.82, 2.24) is 25.3 Å². The topological polar surface area (TPSA) is 76.3 Å². The molecular formula is C21H29F3N6O. The van der Waals surface area contributed by atoms with Crippen molar-refractivity contribution in [2.75, 3.05) is 51.1 Å². The summed E-state index contributed by atoms with van der Waals surface area (Å²) in [6, 6.07) is 4.78. The Bertz CT molecular complexity index is 885. The summed E-state index contributed by atoms with van der Waals surface area (Å²) in [6.07, 6.45) is 0.125. The Hall–Kier alpha value is -2.33. The van der Waals surface area contributed by atoms with E-state index in [4.69, 9.17) is 0 Å². The first-order chi connectivity index (χ1) is 14.9. The zero-order chi connectivity index (χ0) is 21.8. The van der Waals surface area contributed by atoms with Crippen LogP contribution in [0.4, 0.5) is 18.9 Å². The summed E-state index contributed by atoms with van der Waals surface area (Å²) in [4.78, 5) is 17.7. The molecule has 2 aliphatic heterocycles. The molecule has 3 heterocycles. The molecule has 2 saturated heterocycles. The van der Waals surface area contributed by atoms with Crippen molar-refractivity contribution in [3.63, 3.8) is 0 Å². The highest BCUT2D eigenvalue weighted by Crippen LogP contribution is 2.23. The first kappa shape index (κ1) is 21.9. The maximum Gasteiger partial charge on any atom is 0.405 e. The van der Waals surface area contributed by atoms with Crippen molar-refractivity contribution in [2.45, 2.75) is 37.9 Å². The van der Waals surface area contributed by atoms with E-state index in [1.165, 1.54) is 38.1 Å². The van der Waals surface area contributed by atoms with Gasteiger partial charge in [-0.2, -0.15) is 18.3 Å². The second-order valence-corrected chi connectivity index (χ2v) is 8.44. The number of nitrogens with one attached hydrogen (secondary N) is 3. The van der Waals surface area contributed by atoms with Gasteiger partial charge in [0.1, 0.15) is 6.54 Å². The van der Waals surface area contributed by atoms with Gasteiger partial charge in [-0.15, -0.1) is 0 Å². The molecule has 2 aromatic rings. The van der Waals surface area contributed by atoms with Crippen molar-refractivity contribution in [1.29, 1.82) is 0 Å². The van der Waals surface area contributed by atoms with E-state index < -0.39 is 12.7 Å². The Labute approximate surface area is 179 Å². The maximum atomic E-state index is 12.7. The molecule has 31 heavy (non-hydrogen) atoms. The van der Waals surface area contributed by atoms with Gasteiger partial charge in [0.05, 0.1) is 5.52 Å². The van der Waals surface area contributed by atoms with Gasteiger partial charge in [0.2, 0.25) is 0 Å². The number of piperidine rings is 1. The molecule has 0 radical (unpaired) electrons.